The zero-order chi connectivity index (χ0) is 19.2. The number of rotatable bonds is 8. The van der Waals surface area contributed by atoms with E-state index in [0.29, 0.717) is 24.6 Å². The fraction of sp³-hybridized carbons (Fsp3) is 0.632. The molecule has 2 atom stereocenters. The molecule has 0 aliphatic carbocycles. The monoisotopic (exact) mass is 381 g/mol. The largest absolute Gasteiger partial charge is 0.349 e. The molecular weight excluding hydrogens is 350 g/mol. The highest BCUT2D eigenvalue weighted by Crippen LogP contribution is 2.18. The van der Waals surface area contributed by atoms with Gasteiger partial charge in [0.1, 0.15) is 0 Å². The Morgan fingerprint density at radius 2 is 1.81 bits per heavy atom. The Morgan fingerprint density at radius 3 is 2.35 bits per heavy atom. The van der Waals surface area contributed by atoms with Crippen LogP contribution in [0.3, 0.4) is 0 Å². The first kappa shape index (κ1) is 20.9. The number of hydrogen-bond donors (Lipinski definition) is 2. The van der Waals surface area contributed by atoms with Crippen molar-refractivity contribution >= 4 is 15.9 Å². The summed E-state index contributed by atoms with van der Waals surface area (Å²) in [4.78, 5) is 12.7. The molecule has 1 aromatic rings. The van der Waals surface area contributed by atoms with Gasteiger partial charge >= 0.3 is 0 Å². The van der Waals surface area contributed by atoms with E-state index in [1.165, 1.54) is 16.4 Å². The number of hydrogen-bond acceptors (Lipinski definition) is 4. The van der Waals surface area contributed by atoms with Crippen molar-refractivity contribution in [2.24, 2.45) is 5.92 Å². The lowest BCUT2D eigenvalue weighted by molar-refractivity contribution is 0.0914. The van der Waals surface area contributed by atoms with Gasteiger partial charge in [0.25, 0.3) is 5.91 Å². The molecule has 1 saturated heterocycles. The Morgan fingerprint density at radius 1 is 1.19 bits per heavy atom. The number of carbonyl (C=O) groups is 1. The lowest BCUT2D eigenvalue weighted by Gasteiger charge is -2.30. The van der Waals surface area contributed by atoms with Crippen molar-refractivity contribution in [2.45, 2.75) is 51.0 Å². The minimum Gasteiger partial charge on any atom is -0.349 e. The van der Waals surface area contributed by atoms with Crippen molar-refractivity contribution < 1.29 is 13.2 Å². The fourth-order valence-corrected chi connectivity index (χ4v) is 4.88. The Bertz CT molecular complexity index is 682. The van der Waals surface area contributed by atoms with Crippen LogP contribution in [0.2, 0.25) is 0 Å². The van der Waals surface area contributed by atoms with Crippen LogP contribution in [0.4, 0.5) is 0 Å². The third kappa shape index (κ3) is 5.05. The zero-order valence-electron chi connectivity index (χ0n) is 16.0. The van der Waals surface area contributed by atoms with Crippen LogP contribution in [0, 0.1) is 5.92 Å². The Hall–Kier alpha value is -1.44. The molecule has 1 aromatic carbocycles. The number of sulfonamides is 1. The van der Waals surface area contributed by atoms with Crippen molar-refractivity contribution in [1.29, 1.82) is 0 Å². The van der Waals surface area contributed by atoms with E-state index in [-0.39, 0.29) is 16.8 Å². The van der Waals surface area contributed by atoms with Crippen LogP contribution in [0.1, 0.15) is 50.4 Å². The van der Waals surface area contributed by atoms with Gasteiger partial charge in [-0.25, -0.2) is 8.42 Å². The zero-order valence-corrected chi connectivity index (χ0v) is 16.8. The summed E-state index contributed by atoms with van der Waals surface area (Å²) in [6.45, 7) is 8.85. The lowest BCUT2D eigenvalue weighted by Crippen LogP contribution is -2.48. The van der Waals surface area contributed by atoms with Crippen LogP contribution in [0.15, 0.2) is 29.2 Å². The van der Waals surface area contributed by atoms with Crippen LogP contribution in [-0.2, 0) is 10.0 Å². The van der Waals surface area contributed by atoms with E-state index in [4.69, 9.17) is 0 Å². The molecule has 1 heterocycles. The van der Waals surface area contributed by atoms with Crippen molar-refractivity contribution in [1.82, 2.24) is 14.9 Å². The minimum atomic E-state index is -3.51. The normalized spacial score (nSPS) is 20.9. The van der Waals surface area contributed by atoms with E-state index in [2.05, 4.69) is 17.6 Å². The van der Waals surface area contributed by atoms with Gasteiger partial charge in [0.05, 0.1) is 4.90 Å². The Labute approximate surface area is 157 Å². The smallest absolute Gasteiger partial charge is 0.251 e. The molecule has 6 nitrogen and oxygen atoms in total. The van der Waals surface area contributed by atoms with E-state index in [9.17, 15) is 13.2 Å². The summed E-state index contributed by atoms with van der Waals surface area (Å²) in [7, 11) is -3.51. The van der Waals surface area contributed by atoms with E-state index >= 15 is 0 Å². The molecule has 2 unspecified atom stereocenters. The molecule has 146 valence electrons. The maximum absolute atomic E-state index is 12.8. The predicted molar refractivity (Wildman–Crippen MR) is 104 cm³/mol. The molecule has 1 aliphatic rings. The molecule has 26 heavy (non-hydrogen) atoms. The average Bonchev–Trinajstić information content (AvgIpc) is 2.63. The van der Waals surface area contributed by atoms with Gasteiger partial charge in [-0.05, 0) is 62.5 Å². The van der Waals surface area contributed by atoms with Crippen molar-refractivity contribution in [3.8, 4) is 0 Å². The van der Waals surface area contributed by atoms with Crippen molar-refractivity contribution in [3.63, 3.8) is 0 Å². The van der Waals surface area contributed by atoms with Gasteiger partial charge in [-0.3, -0.25) is 4.79 Å². The molecule has 0 radical (unpaired) electrons. The molecule has 7 heteroatoms. The van der Waals surface area contributed by atoms with E-state index in [1.807, 2.05) is 13.8 Å². The standard InChI is InChI=1S/C19H31N3O3S/c1-4-12-22(13-5-2)26(24,25)17-8-6-16(7-9-17)19(23)21-18-10-11-20-14-15(18)3/h6-9,15,18,20H,4-5,10-14H2,1-3H3,(H,21,23). The summed E-state index contributed by atoms with van der Waals surface area (Å²) in [5.41, 5.74) is 0.493. The first-order valence-corrected chi connectivity index (χ1v) is 11.0. The van der Waals surface area contributed by atoms with E-state index < -0.39 is 10.0 Å². The van der Waals surface area contributed by atoms with Crippen LogP contribution in [0.5, 0.6) is 0 Å². The van der Waals surface area contributed by atoms with Gasteiger partial charge < -0.3 is 10.6 Å². The number of benzene rings is 1. The first-order chi connectivity index (χ1) is 12.4. The summed E-state index contributed by atoms with van der Waals surface area (Å²) in [6.07, 6.45) is 2.45. The molecular formula is C19H31N3O3S. The van der Waals surface area contributed by atoms with Gasteiger partial charge in [0.2, 0.25) is 10.0 Å². The number of carbonyl (C=O) groups excluding carboxylic acids is 1. The summed E-state index contributed by atoms with van der Waals surface area (Å²) in [6, 6.07) is 6.42. The molecule has 0 spiro atoms. The predicted octanol–water partition coefficient (Wildman–Crippen LogP) is 2.23. The highest BCUT2D eigenvalue weighted by Gasteiger charge is 2.25. The summed E-state index contributed by atoms with van der Waals surface area (Å²) < 4.78 is 27.1. The molecule has 2 N–H and O–H groups in total. The number of nitrogens with zero attached hydrogens (tertiary/aromatic N) is 1. The molecule has 2 rings (SSSR count). The van der Waals surface area contributed by atoms with E-state index in [1.54, 1.807) is 12.1 Å². The molecule has 1 fully saturated rings. The SMILES string of the molecule is CCCN(CCC)S(=O)(=O)c1ccc(C(=O)NC2CCNCC2C)cc1. The molecule has 0 saturated carbocycles. The second-order valence-corrected chi connectivity index (χ2v) is 8.92. The topological polar surface area (TPSA) is 78.5 Å². The van der Waals surface area contributed by atoms with Crippen LogP contribution in [0.25, 0.3) is 0 Å². The van der Waals surface area contributed by atoms with Gasteiger partial charge in [-0.1, -0.05) is 20.8 Å². The summed E-state index contributed by atoms with van der Waals surface area (Å²) >= 11 is 0. The fourth-order valence-electron chi connectivity index (χ4n) is 3.26. The molecule has 1 aliphatic heterocycles. The van der Waals surface area contributed by atoms with Crippen LogP contribution >= 0.6 is 0 Å². The number of piperidine rings is 1. The Kier molecular flexibility index (Phi) is 7.61. The molecule has 1 amide bonds. The van der Waals surface area contributed by atoms with Crippen LogP contribution in [-0.4, -0.2) is 50.9 Å². The van der Waals surface area contributed by atoms with Gasteiger partial charge in [-0.2, -0.15) is 4.31 Å². The summed E-state index contributed by atoms with van der Waals surface area (Å²) in [5.74, 6) is 0.232. The second-order valence-electron chi connectivity index (χ2n) is 6.98. The third-order valence-electron chi connectivity index (χ3n) is 4.80. The molecule has 0 aromatic heterocycles. The minimum absolute atomic E-state index is 0.147. The summed E-state index contributed by atoms with van der Waals surface area (Å²) in [5, 5.41) is 6.38. The first-order valence-electron chi connectivity index (χ1n) is 9.52. The molecule has 0 bridgehead atoms. The van der Waals surface area contributed by atoms with Crippen molar-refractivity contribution in [2.75, 3.05) is 26.2 Å². The lowest BCUT2D eigenvalue weighted by atomic mass is 9.95. The highest BCUT2D eigenvalue weighted by atomic mass is 32.2. The van der Waals surface area contributed by atoms with E-state index in [0.717, 1.165) is 32.4 Å². The van der Waals surface area contributed by atoms with Gasteiger partial charge in [0, 0.05) is 24.7 Å². The van der Waals surface area contributed by atoms with Crippen LogP contribution < -0.4 is 10.6 Å². The average molecular weight is 382 g/mol. The number of amides is 1. The highest BCUT2D eigenvalue weighted by molar-refractivity contribution is 7.89. The van der Waals surface area contributed by atoms with Gasteiger partial charge in [-0.15, -0.1) is 0 Å². The maximum atomic E-state index is 12.8. The maximum Gasteiger partial charge on any atom is 0.251 e. The van der Waals surface area contributed by atoms with Gasteiger partial charge in [0.15, 0.2) is 0 Å². The number of nitrogens with one attached hydrogen (secondary N) is 2. The Balaban J connectivity index is 2.10. The van der Waals surface area contributed by atoms with Crippen molar-refractivity contribution in [3.05, 3.63) is 29.8 Å². The second kappa shape index (κ2) is 9.48. The quantitative estimate of drug-likeness (QED) is 0.724. The third-order valence-corrected chi connectivity index (χ3v) is 6.71.